The molecule has 0 aliphatic heterocycles. The van der Waals surface area contributed by atoms with Crippen molar-refractivity contribution in [2.75, 3.05) is 0 Å². The van der Waals surface area contributed by atoms with Gasteiger partial charge in [0, 0.05) is 10.0 Å². The average molecular weight is 363 g/mol. The maximum Gasteiger partial charge on any atom is 0.280 e. The van der Waals surface area contributed by atoms with Gasteiger partial charge in [0.2, 0.25) is 0 Å². The summed E-state index contributed by atoms with van der Waals surface area (Å²) in [4.78, 5) is 11.9. The fourth-order valence-corrected chi connectivity index (χ4v) is 2.03. The van der Waals surface area contributed by atoms with Gasteiger partial charge in [0.25, 0.3) is 5.91 Å². The molecule has 0 aliphatic rings. The van der Waals surface area contributed by atoms with Crippen LogP contribution in [0.2, 0.25) is 0 Å². The summed E-state index contributed by atoms with van der Waals surface area (Å²) < 4.78 is 6.39. The Kier molecular flexibility index (Phi) is 5.55. The molecule has 5 nitrogen and oxygen atoms in total. The van der Waals surface area contributed by atoms with Gasteiger partial charge in [-0.05, 0) is 37.3 Å². The number of benzene rings is 2. The highest BCUT2D eigenvalue weighted by atomic mass is 79.9. The summed E-state index contributed by atoms with van der Waals surface area (Å²) in [5.41, 5.74) is 2.89. The van der Waals surface area contributed by atoms with Crippen molar-refractivity contribution in [3.05, 3.63) is 58.6 Å². The summed E-state index contributed by atoms with van der Waals surface area (Å²) >= 11 is 3.34. The van der Waals surface area contributed by atoms with Crippen LogP contribution in [-0.2, 0) is 4.79 Å². The molecule has 2 aromatic rings. The highest BCUT2D eigenvalue weighted by molar-refractivity contribution is 9.10. The van der Waals surface area contributed by atoms with Crippen LogP contribution in [0.15, 0.2) is 58.1 Å². The van der Waals surface area contributed by atoms with Gasteiger partial charge in [0.15, 0.2) is 6.10 Å². The van der Waals surface area contributed by atoms with Crippen molar-refractivity contribution in [2.45, 2.75) is 13.0 Å². The zero-order valence-electron chi connectivity index (χ0n) is 11.9. The van der Waals surface area contributed by atoms with Crippen LogP contribution in [0.4, 0.5) is 0 Å². The van der Waals surface area contributed by atoms with Crippen molar-refractivity contribution in [1.29, 1.82) is 0 Å². The number of hydrogen-bond acceptors (Lipinski definition) is 4. The predicted octanol–water partition coefficient (Wildman–Crippen LogP) is 3.07. The molecule has 1 amide bonds. The van der Waals surface area contributed by atoms with Crippen LogP contribution >= 0.6 is 15.9 Å². The van der Waals surface area contributed by atoms with Crippen LogP contribution in [0.3, 0.4) is 0 Å². The van der Waals surface area contributed by atoms with Gasteiger partial charge in [-0.1, -0.05) is 34.1 Å². The number of hydrazone groups is 1. The molecule has 2 rings (SSSR count). The van der Waals surface area contributed by atoms with E-state index < -0.39 is 6.10 Å². The van der Waals surface area contributed by atoms with Crippen LogP contribution in [-0.4, -0.2) is 23.3 Å². The van der Waals surface area contributed by atoms with E-state index in [4.69, 9.17) is 4.74 Å². The van der Waals surface area contributed by atoms with E-state index in [0.29, 0.717) is 11.3 Å². The number of carbonyl (C=O) groups is 1. The number of nitrogens with zero attached hydrogens (tertiary/aromatic N) is 1. The second-order valence-electron chi connectivity index (χ2n) is 4.51. The summed E-state index contributed by atoms with van der Waals surface area (Å²) in [7, 11) is 0. The molecule has 114 valence electrons. The summed E-state index contributed by atoms with van der Waals surface area (Å²) in [6.45, 7) is 1.63. The molecule has 0 fully saturated rings. The summed E-state index contributed by atoms with van der Waals surface area (Å²) in [6.07, 6.45) is 0.676. The minimum absolute atomic E-state index is 0.0962. The molecule has 0 aliphatic carbocycles. The van der Waals surface area contributed by atoms with Crippen LogP contribution in [0.5, 0.6) is 11.5 Å². The second-order valence-corrected chi connectivity index (χ2v) is 5.43. The average Bonchev–Trinajstić information content (AvgIpc) is 2.49. The van der Waals surface area contributed by atoms with Gasteiger partial charge in [0.05, 0.1) is 6.21 Å². The maximum atomic E-state index is 11.9. The molecule has 0 unspecified atom stereocenters. The van der Waals surface area contributed by atoms with Crippen LogP contribution in [0.25, 0.3) is 0 Å². The number of amides is 1. The number of phenols is 1. The highest BCUT2D eigenvalue weighted by Gasteiger charge is 2.13. The van der Waals surface area contributed by atoms with E-state index >= 15 is 0 Å². The van der Waals surface area contributed by atoms with E-state index in [1.54, 1.807) is 43.3 Å². The Bertz CT molecular complexity index is 689. The van der Waals surface area contributed by atoms with Gasteiger partial charge >= 0.3 is 0 Å². The third-order valence-electron chi connectivity index (χ3n) is 2.79. The Hall–Kier alpha value is -2.34. The normalized spacial score (nSPS) is 12.1. The Morgan fingerprint density at radius 3 is 2.82 bits per heavy atom. The Morgan fingerprint density at radius 1 is 1.32 bits per heavy atom. The molecule has 2 N–H and O–H groups in total. The zero-order chi connectivity index (χ0) is 15.9. The molecule has 2 aromatic carbocycles. The zero-order valence-corrected chi connectivity index (χ0v) is 13.4. The number of ether oxygens (including phenoxy) is 1. The van der Waals surface area contributed by atoms with E-state index in [-0.39, 0.29) is 11.7 Å². The minimum Gasteiger partial charge on any atom is -0.507 e. The molecule has 0 aromatic heterocycles. The van der Waals surface area contributed by atoms with E-state index in [1.165, 1.54) is 6.21 Å². The van der Waals surface area contributed by atoms with Crippen molar-refractivity contribution < 1.29 is 14.6 Å². The van der Waals surface area contributed by atoms with Crippen molar-refractivity contribution >= 4 is 28.1 Å². The van der Waals surface area contributed by atoms with Gasteiger partial charge in [-0.2, -0.15) is 5.10 Å². The number of phenolic OH excluding ortho intramolecular Hbond substituents is 1. The lowest BCUT2D eigenvalue weighted by molar-refractivity contribution is -0.127. The molecule has 0 spiro atoms. The van der Waals surface area contributed by atoms with E-state index in [9.17, 15) is 9.90 Å². The van der Waals surface area contributed by atoms with Crippen LogP contribution in [0.1, 0.15) is 12.5 Å². The highest BCUT2D eigenvalue weighted by Crippen LogP contribution is 2.18. The fraction of sp³-hybridized carbons (Fsp3) is 0.125. The number of nitrogens with one attached hydrogen (secondary N) is 1. The molecule has 0 radical (unpaired) electrons. The SMILES string of the molecule is C[C@H](Oc1cccc(Br)c1)C(=O)N/N=C/c1ccccc1O. The molecule has 0 bridgehead atoms. The minimum atomic E-state index is -0.698. The third-order valence-corrected chi connectivity index (χ3v) is 3.29. The number of hydrogen-bond donors (Lipinski definition) is 2. The number of para-hydroxylation sites is 1. The summed E-state index contributed by atoms with van der Waals surface area (Å²) in [5, 5.41) is 13.4. The van der Waals surface area contributed by atoms with Crippen molar-refractivity contribution in [2.24, 2.45) is 5.10 Å². The maximum absolute atomic E-state index is 11.9. The smallest absolute Gasteiger partial charge is 0.280 e. The number of carbonyl (C=O) groups excluding carboxylic acids is 1. The molecular formula is C16H15BrN2O3. The number of halogens is 1. The molecule has 22 heavy (non-hydrogen) atoms. The first-order valence-electron chi connectivity index (χ1n) is 6.59. The van der Waals surface area contributed by atoms with E-state index in [1.807, 2.05) is 12.1 Å². The predicted molar refractivity (Wildman–Crippen MR) is 88.1 cm³/mol. The molecule has 0 saturated heterocycles. The number of rotatable bonds is 5. The van der Waals surface area contributed by atoms with Crippen LogP contribution < -0.4 is 10.2 Å². The third kappa shape index (κ3) is 4.60. The Balaban J connectivity index is 1.90. The van der Waals surface area contributed by atoms with Crippen molar-refractivity contribution in [3.63, 3.8) is 0 Å². The second kappa shape index (κ2) is 7.61. The first kappa shape index (κ1) is 16.0. The molecule has 0 heterocycles. The molecular weight excluding hydrogens is 348 g/mol. The molecule has 6 heteroatoms. The monoisotopic (exact) mass is 362 g/mol. The summed E-state index contributed by atoms with van der Waals surface area (Å²) in [6, 6.07) is 13.9. The molecule has 0 saturated carbocycles. The van der Waals surface area contributed by atoms with Crippen molar-refractivity contribution in [3.8, 4) is 11.5 Å². The van der Waals surface area contributed by atoms with Gasteiger partial charge < -0.3 is 9.84 Å². The van der Waals surface area contributed by atoms with Crippen molar-refractivity contribution in [1.82, 2.24) is 5.43 Å². The number of aromatic hydroxyl groups is 1. The van der Waals surface area contributed by atoms with Crippen LogP contribution in [0, 0.1) is 0 Å². The largest absolute Gasteiger partial charge is 0.507 e. The van der Waals surface area contributed by atoms with Gasteiger partial charge in [-0.25, -0.2) is 5.43 Å². The molecule has 1 atom stereocenters. The topological polar surface area (TPSA) is 70.9 Å². The Morgan fingerprint density at radius 2 is 2.09 bits per heavy atom. The lowest BCUT2D eigenvalue weighted by Crippen LogP contribution is -2.33. The first-order valence-corrected chi connectivity index (χ1v) is 7.38. The summed E-state index contributed by atoms with van der Waals surface area (Å²) in [5.74, 6) is 0.298. The Labute approximate surface area is 136 Å². The lowest BCUT2D eigenvalue weighted by atomic mass is 10.2. The van der Waals surface area contributed by atoms with Gasteiger partial charge in [0.1, 0.15) is 11.5 Å². The lowest BCUT2D eigenvalue weighted by Gasteiger charge is -2.13. The van der Waals surface area contributed by atoms with Gasteiger partial charge in [-0.15, -0.1) is 0 Å². The quantitative estimate of drug-likeness (QED) is 0.634. The van der Waals surface area contributed by atoms with Gasteiger partial charge in [-0.3, -0.25) is 4.79 Å². The fourth-order valence-electron chi connectivity index (χ4n) is 1.65. The van der Waals surface area contributed by atoms with E-state index in [2.05, 4.69) is 26.5 Å². The first-order chi connectivity index (χ1) is 10.6. The standard InChI is InChI=1S/C16H15BrN2O3/c1-11(22-14-7-4-6-13(17)9-14)16(21)19-18-10-12-5-2-3-8-15(12)20/h2-11,20H,1H3,(H,19,21)/b18-10+/t11-/m0/s1. The van der Waals surface area contributed by atoms with E-state index in [0.717, 1.165) is 4.47 Å².